The third kappa shape index (κ3) is 2.45. The average molecular weight is 229 g/mol. The van der Waals surface area contributed by atoms with Gasteiger partial charge in [-0.3, -0.25) is 4.98 Å². The van der Waals surface area contributed by atoms with Crippen LogP contribution in [0.4, 0.5) is 0 Å². The van der Waals surface area contributed by atoms with Crippen molar-refractivity contribution in [3.05, 3.63) is 35.5 Å². The summed E-state index contributed by atoms with van der Waals surface area (Å²) in [5.41, 5.74) is 9.31. The van der Waals surface area contributed by atoms with Gasteiger partial charge in [0.15, 0.2) is 5.82 Å². The lowest BCUT2D eigenvalue weighted by atomic mass is 10.1. The molecule has 0 aliphatic heterocycles. The van der Waals surface area contributed by atoms with Crippen molar-refractivity contribution in [2.75, 3.05) is 6.54 Å². The fourth-order valence-corrected chi connectivity index (χ4v) is 1.77. The summed E-state index contributed by atoms with van der Waals surface area (Å²) in [5.74, 6) is 0.619. The van der Waals surface area contributed by atoms with Gasteiger partial charge < -0.3 is 5.73 Å². The lowest BCUT2D eigenvalue weighted by Gasteiger charge is -2.09. The van der Waals surface area contributed by atoms with E-state index in [4.69, 9.17) is 5.73 Å². The molecule has 5 nitrogen and oxygen atoms in total. The fourth-order valence-electron chi connectivity index (χ4n) is 1.77. The average Bonchev–Trinajstić information content (AvgIpc) is 2.35. The van der Waals surface area contributed by atoms with Gasteiger partial charge in [-0.2, -0.15) is 0 Å². The van der Waals surface area contributed by atoms with Crippen molar-refractivity contribution in [2.45, 2.75) is 20.3 Å². The summed E-state index contributed by atoms with van der Waals surface area (Å²) in [4.78, 5) is 17.1. The van der Waals surface area contributed by atoms with E-state index in [0.717, 1.165) is 23.4 Å². The maximum Gasteiger partial charge on any atom is 0.180 e. The molecule has 2 aromatic rings. The van der Waals surface area contributed by atoms with E-state index in [9.17, 15) is 0 Å². The van der Waals surface area contributed by atoms with Gasteiger partial charge in [-0.1, -0.05) is 0 Å². The standard InChI is InChI=1S/C12H15N5/c1-8-10(3-4-13)9(2)17-12(16-8)11-7-14-5-6-15-11/h5-7H,3-4,13H2,1-2H3. The van der Waals surface area contributed by atoms with Crippen LogP contribution in [0.25, 0.3) is 11.5 Å². The summed E-state index contributed by atoms with van der Waals surface area (Å²) in [5, 5.41) is 0. The molecule has 2 rings (SSSR count). The number of hydrogen-bond acceptors (Lipinski definition) is 5. The van der Waals surface area contributed by atoms with Gasteiger partial charge in [0.1, 0.15) is 5.69 Å². The van der Waals surface area contributed by atoms with Gasteiger partial charge in [-0.25, -0.2) is 15.0 Å². The lowest BCUT2D eigenvalue weighted by Crippen LogP contribution is -2.09. The summed E-state index contributed by atoms with van der Waals surface area (Å²) >= 11 is 0. The molecule has 0 spiro atoms. The third-order valence-electron chi connectivity index (χ3n) is 2.61. The molecule has 17 heavy (non-hydrogen) atoms. The molecule has 0 saturated carbocycles. The number of nitrogens with zero attached hydrogens (tertiary/aromatic N) is 4. The molecular formula is C12H15N5. The molecule has 5 heteroatoms. The van der Waals surface area contributed by atoms with Gasteiger partial charge in [0.05, 0.1) is 6.20 Å². The molecule has 88 valence electrons. The quantitative estimate of drug-likeness (QED) is 0.851. The highest BCUT2D eigenvalue weighted by molar-refractivity contribution is 5.48. The Bertz CT molecular complexity index is 487. The van der Waals surface area contributed by atoms with Crippen LogP contribution in [0.1, 0.15) is 17.0 Å². The molecule has 0 aliphatic rings. The molecule has 0 aromatic carbocycles. The number of rotatable bonds is 3. The topological polar surface area (TPSA) is 77.6 Å². The van der Waals surface area contributed by atoms with E-state index >= 15 is 0 Å². The van der Waals surface area contributed by atoms with Crippen molar-refractivity contribution < 1.29 is 0 Å². The van der Waals surface area contributed by atoms with E-state index in [1.807, 2.05) is 13.8 Å². The zero-order chi connectivity index (χ0) is 12.3. The summed E-state index contributed by atoms with van der Waals surface area (Å²) in [7, 11) is 0. The molecule has 2 aromatic heterocycles. The molecule has 0 amide bonds. The van der Waals surface area contributed by atoms with Crippen molar-refractivity contribution in [2.24, 2.45) is 5.73 Å². The Balaban J connectivity index is 2.46. The smallest absolute Gasteiger partial charge is 0.180 e. The molecule has 0 aliphatic carbocycles. The number of hydrogen-bond donors (Lipinski definition) is 1. The highest BCUT2D eigenvalue weighted by Crippen LogP contribution is 2.16. The number of aryl methyl sites for hydroxylation is 2. The molecule has 2 heterocycles. The summed E-state index contributed by atoms with van der Waals surface area (Å²) in [6, 6.07) is 0. The van der Waals surface area contributed by atoms with E-state index in [1.165, 1.54) is 0 Å². The Morgan fingerprint density at radius 3 is 2.35 bits per heavy atom. The molecule has 0 bridgehead atoms. The first-order chi connectivity index (χ1) is 8.22. The minimum Gasteiger partial charge on any atom is -0.330 e. The van der Waals surface area contributed by atoms with Crippen LogP contribution in [0.15, 0.2) is 18.6 Å². The van der Waals surface area contributed by atoms with Gasteiger partial charge in [0, 0.05) is 23.8 Å². The van der Waals surface area contributed by atoms with E-state index < -0.39 is 0 Å². The Hall–Kier alpha value is -1.88. The van der Waals surface area contributed by atoms with E-state index in [0.29, 0.717) is 18.1 Å². The van der Waals surface area contributed by atoms with Gasteiger partial charge in [-0.15, -0.1) is 0 Å². The monoisotopic (exact) mass is 229 g/mol. The van der Waals surface area contributed by atoms with Crippen molar-refractivity contribution in [3.8, 4) is 11.5 Å². The second kappa shape index (κ2) is 4.97. The Kier molecular flexibility index (Phi) is 3.39. The zero-order valence-electron chi connectivity index (χ0n) is 10.0. The predicted octanol–water partition coefficient (Wildman–Crippen LogP) is 1.05. The predicted molar refractivity (Wildman–Crippen MR) is 65.3 cm³/mol. The largest absolute Gasteiger partial charge is 0.330 e. The number of nitrogens with two attached hydrogens (primary N) is 1. The van der Waals surface area contributed by atoms with Crippen molar-refractivity contribution in [1.29, 1.82) is 0 Å². The Labute approximate surface area is 100 Å². The van der Waals surface area contributed by atoms with Gasteiger partial charge in [-0.05, 0) is 32.4 Å². The fraction of sp³-hybridized carbons (Fsp3) is 0.333. The van der Waals surface area contributed by atoms with Crippen molar-refractivity contribution in [1.82, 2.24) is 19.9 Å². The minimum atomic E-state index is 0.607. The molecule has 0 atom stereocenters. The molecular weight excluding hydrogens is 214 g/mol. The second-order valence-corrected chi connectivity index (χ2v) is 3.83. The maximum absolute atomic E-state index is 5.57. The summed E-state index contributed by atoms with van der Waals surface area (Å²) < 4.78 is 0. The second-order valence-electron chi connectivity index (χ2n) is 3.83. The first-order valence-corrected chi connectivity index (χ1v) is 5.53. The molecule has 0 radical (unpaired) electrons. The summed E-state index contributed by atoms with van der Waals surface area (Å²) in [6.45, 7) is 4.55. The first kappa shape index (κ1) is 11.6. The lowest BCUT2D eigenvalue weighted by molar-refractivity contribution is 0.896. The molecule has 0 saturated heterocycles. The Morgan fingerprint density at radius 1 is 1.12 bits per heavy atom. The molecule has 0 unspecified atom stereocenters. The van der Waals surface area contributed by atoms with Gasteiger partial charge in [0.25, 0.3) is 0 Å². The highest BCUT2D eigenvalue weighted by Gasteiger charge is 2.09. The normalized spacial score (nSPS) is 10.5. The zero-order valence-corrected chi connectivity index (χ0v) is 10.0. The van der Waals surface area contributed by atoms with Crippen LogP contribution >= 0.6 is 0 Å². The van der Waals surface area contributed by atoms with E-state index in [1.54, 1.807) is 18.6 Å². The Morgan fingerprint density at radius 2 is 1.82 bits per heavy atom. The molecule has 2 N–H and O–H groups in total. The van der Waals surface area contributed by atoms with E-state index in [-0.39, 0.29) is 0 Å². The summed E-state index contributed by atoms with van der Waals surface area (Å²) in [6.07, 6.45) is 5.73. The third-order valence-corrected chi connectivity index (χ3v) is 2.61. The van der Waals surface area contributed by atoms with Crippen LogP contribution < -0.4 is 5.73 Å². The first-order valence-electron chi connectivity index (χ1n) is 5.53. The maximum atomic E-state index is 5.57. The molecule has 0 fully saturated rings. The van der Waals surface area contributed by atoms with Gasteiger partial charge >= 0.3 is 0 Å². The van der Waals surface area contributed by atoms with Crippen LogP contribution in [0, 0.1) is 13.8 Å². The van der Waals surface area contributed by atoms with Crippen LogP contribution in [-0.2, 0) is 6.42 Å². The van der Waals surface area contributed by atoms with Crippen molar-refractivity contribution in [3.63, 3.8) is 0 Å². The van der Waals surface area contributed by atoms with Crippen molar-refractivity contribution >= 4 is 0 Å². The van der Waals surface area contributed by atoms with Crippen LogP contribution in [0.5, 0.6) is 0 Å². The number of aromatic nitrogens is 4. The van der Waals surface area contributed by atoms with Crippen LogP contribution in [0.2, 0.25) is 0 Å². The highest BCUT2D eigenvalue weighted by atomic mass is 14.9. The minimum absolute atomic E-state index is 0.607. The van der Waals surface area contributed by atoms with Crippen LogP contribution in [0.3, 0.4) is 0 Å². The van der Waals surface area contributed by atoms with Crippen LogP contribution in [-0.4, -0.2) is 26.5 Å². The van der Waals surface area contributed by atoms with E-state index in [2.05, 4.69) is 19.9 Å². The SMILES string of the molecule is Cc1nc(-c2cnccn2)nc(C)c1CCN. The van der Waals surface area contributed by atoms with Gasteiger partial charge in [0.2, 0.25) is 0 Å².